The molecule has 0 saturated carbocycles. The van der Waals surface area contributed by atoms with Crippen LogP contribution in [0, 0.1) is 0 Å². The normalized spacial score (nSPS) is 32.2. The molecule has 2 N–H and O–H groups in total. The first-order valence-corrected chi connectivity index (χ1v) is 11.0. The van der Waals surface area contributed by atoms with Gasteiger partial charge in [0.1, 0.15) is 0 Å². The van der Waals surface area contributed by atoms with Crippen molar-refractivity contribution in [2.45, 2.75) is 42.4 Å². The Labute approximate surface area is 180 Å². The molecule has 7 rings (SSSR count). The van der Waals surface area contributed by atoms with Crippen molar-refractivity contribution >= 4 is 0 Å². The molecule has 156 valence electrons. The number of aromatic hydroxyl groups is 1. The van der Waals surface area contributed by atoms with Gasteiger partial charge >= 0.3 is 0 Å². The topological polar surface area (TPSA) is 65.8 Å². The van der Waals surface area contributed by atoms with Crippen molar-refractivity contribution in [3.05, 3.63) is 77.1 Å². The molecule has 5 nitrogen and oxygen atoms in total. The molecule has 4 aliphatic rings. The van der Waals surface area contributed by atoms with Crippen molar-refractivity contribution in [2.75, 3.05) is 13.6 Å². The monoisotopic (exact) mass is 412 g/mol. The quantitative estimate of drug-likeness (QED) is 0.642. The number of aliphatic hydroxyl groups is 1. The molecule has 1 spiro atoms. The van der Waals surface area contributed by atoms with Gasteiger partial charge in [0.05, 0.1) is 16.7 Å². The zero-order valence-electron chi connectivity index (χ0n) is 17.4. The molecule has 1 fully saturated rings. The largest absolute Gasteiger partial charge is 0.504 e. The van der Waals surface area contributed by atoms with Crippen LogP contribution in [0.5, 0.6) is 11.5 Å². The number of piperidine rings is 1. The third kappa shape index (κ3) is 1.97. The molecule has 2 aromatic carbocycles. The van der Waals surface area contributed by atoms with E-state index in [1.54, 1.807) is 6.07 Å². The molecule has 5 heteroatoms. The predicted octanol–water partition coefficient (Wildman–Crippen LogP) is 3.37. The van der Waals surface area contributed by atoms with Crippen LogP contribution in [-0.4, -0.2) is 45.3 Å². The first kappa shape index (κ1) is 17.8. The molecule has 3 heterocycles. The van der Waals surface area contributed by atoms with Gasteiger partial charge in [-0.05, 0) is 55.3 Å². The molecule has 3 aromatic rings. The summed E-state index contributed by atoms with van der Waals surface area (Å²) in [6, 6.07) is 16.1. The standard InChI is InChI=1S/C26H24N2O3/c1-28-10-9-25-21-16-7-8-19(29)23(21)31-24(25)22-17(13-26(25,30)20(28)12-16)11-18(14-27-22)15-5-3-2-4-6-15/h2-8,11,14,20,24,29-30H,9-10,12-13H2,1H3/t20-,24-,25-,26+/m0/s1. The molecule has 1 saturated heterocycles. The lowest BCUT2D eigenvalue weighted by molar-refractivity contribution is -0.168. The minimum absolute atomic E-state index is 0.00359. The van der Waals surface area contributed by atoms with Gasteiger partial charge in [-0.1, -0.05) is 36.4 Å². The highest BCUT2D eigenvalue weighted by molar-refractivity contribution is 5.67. The molecule has 4 atom stereocenters. The van der Waals surface area contributed by atoms with Crippen molar-refractivity contribution in [2.24, 2.45) is 0 Å². The van der Waals surface area contributed by atoms with Crippen molar-refractivity contribution < 1.29 is 14.9 Å². The van der Waals surface area contributed by atoms with Crippen LogP contribution < -0.4 is 4.74 Å². The summed E-state index contributed by atoms with van der Waals surface area (Å²) in [5.41, 5.74) is 4.76. The van der Waals surface area contributed by atoms with Gasteiger partial charge in [0.25, 0.3) is 0 Å². The summed E-state index contributed by atoms with van der Waals surface area (Å²) < 4.78 is 6.49. The van der Waals surface area contributed by atoms with Crippen LogP contribution in [0.1, 0.15) is 34.9 Å². The van der Waals surface area contributed by atoms with E-state index >= 15 is 0 Å². The Balaban J connectivity index is 1.49. The van der Waals surface area contributed by atoms with E-state index in [1.807, 2.05) is 30.5 Å². The van der Waals surface area contributed by atoms with Crippen LogP contribution in [0.15, 0.2) is 54.7 Å². The number of rotatable bonds is 1. The number of phenolic OH excluding ortho intramolecular Hbond substituents is 1. The molecule has 0 radical (unpaired) electrons. The molecule has 1 aromatic heterocycles. The van der Waals surface area contributed by atoms with Crippen molar-refractivity contribution in [3.8, 4) is 22.6 Å². The molecule has 2 aliphatic carbocycles. The van der Waals surface area contributed by atoms with E-state index in [0.717, 1.165) is 47.3 Å². The van der Waals surface area contributed by atoms with Crippen LogP contribution in [0.2, 0.25) is 0 Å². The third-order valence-corrected chi connectivity index (χ3v) is 8.30. The minimum Gasteiger partial charge on any atom is -0.504 e. The molecule has 2 aliphatic heterocycles. The van der Waals surface area contributed by atoms with Crippen LogP contribution in [0.4, 0.5) is 0 Å². The number of benzene rings is 2. The number of hydrogen-bond acceptors (Lipinski definition) is 5. The van der Waals surface area contributed by atoms with E-state index in [0.29, 0.717) is 12.2 Å². The maximum absolute atomic E-state index is 12.5. The lowest BCUT2D eigenvalue weighted by Gasteiger charge is -2.62. The van der Waals surface area contributed by atoms with Gasteiger partial charge in [-0.2, -0.15) is 0 Å². The lowest BCUT2D eigenvalue weighted by atomic mass is 9.49. The fourth-order valence-electron chi connectivity index (χ4n) is 6.90. The van der Waals surface area contributed by atoms with Crippen LogP contribution in [0.25, 0.3) is 11.1 Å². The maximum atomic E-state index is 12.5. The number of pyridine rings is 1. The van der Waals surface area contributed by atoms with Gasteiger partial charge in [-0.15, -0.1) is 0 Å². The summed E-state index contributed by atoms with van der Waals surface area (Å²) in [5, 5.41) is 23.1. The smallest absolute Gasteiger partial charge is 0.166 e. The van der Waals surface area contributed by atoms with Crippen LogP contribution in [0.3, 0.4) is 0 Å². The SMILES string of the molecule is CN1CC[C@]23c4c5ccc(O)c4O[C@H]2c2ncc(-c4ccccc4)cc2C[C@@]3(O)[C@@H]1C5. The number of likely N-dealkylation sites (N-methyl/N-ethyl adjacent to an activating group) is 1. The number of aromatic nitrogens is 1. The summed E-state index contributed by atoms with van der Waals surface area (Å²) in [5.74, 6) is 0.704. The minimum atomic E-state index is -0.972. The number of hydrogen-bond donors (Lipinski definition) is 2. The Hall–Kier alpha value is -2.89. The van der Waals surface area contributed by atoms with E-state index < -0.39 is 11.0 Å². The first-order chi connectivity index (χ1) is 15.0. The second-order valence-electron chi connectivity index (χ2n) is 9.60. The van der Waals surface area contributed by atoms with Crippen LogP contribution >= 0.6 is 0 Å². The number of fused-ring (bicyclic) bond motifs is 2. The zero-order valence-corrected chi connectivity index (χ0v) is 17.4. The maximum Gasteiger partial charge on any atom is 0.166 e. The van der Waals surface area contributed by atoms with E-state index in [2.05, 4.69) is 30.1 Å². The third-order valence-electron chi connectivity index (χ3n) is 8.30. The Bertz CT molecular complexity index is 1240. The lowest BCUT2D eigenvalue weighted by Crippen LogP contribution is -2.74. The highest BCUT2D eigenvalue weighted by Crippen LogP contribution is 2.68. The fourth-order valence-corrected chi connectivity index (χ4v) is 6.90. The Morgan fingerprint density at radius 3 is 2.77 bits per heavy atom. The van der Waals surface area contributed by atoms with Gasteiger partial charge in [0.15, 0.2) is 17.6 Å². The van der Waals surface area contributed by atoms with Gasteiger partial charge in [-0.25, -0.2) is 0 Å². The molecular weight excluding hydrogens is 388 g/mol. The number of nitrogens with zero attached hydrogens (tertiary/aromatic N) is 2. The van der Waals surface area contributed by atoms with Gasteiger partial charge in [0.2, 0.25) is 0 Å². The highest BCUT2D eigenvalue weighted by atomic mass is 16.5. The van der Waals surface area contributed by atoms with E-state index in [4.69, 9.17) is 9.72 Å². The van der Waals surface area contributed by atoms with Gasteiger partial charge in [0, 0.05) is 29.8 Å². The Morgan fingerprint density at radius 2 is 1.94 bits per heavy atom. The second-order valence-corrected chi connectivity index (χ2v) is 9.60. The average molecular weight is 412 g/mol. The fraction of sp³-hybridized carbons (Fsp3) is 0.346. The molecule has 2 bridgehead atoms. The van der Waals surface area contributed by atoms with E-state index in [9.17, 15) is 10.2 Å². The molecule has 0 unspecified atom stereocenters. The first-order valence-electron chi connectivity index (χ1n) is 11.0. The molecule has 31 heavy (non-hydrogen) atoms. The molecule has 0 amide bonds. The van der Waals surface area contributed by atoms with Crippen molar-refractivity contribution in [3.63, 3.8) is 0 Å². The average Bonchev–Trinajstić information content (AvgIpc) is 3.14. The van der Waals surface area contributed by atoms with E-state index in [-0.39, 0.29) is 17.9 Å². The highest BCUT2D eigenvalue weighted by Gasteiger charge is 2.72. The number of ether oxygens (including phenoxy) is 1. The summed E-state index contributed by atoms with van der Waals surface area (Å²) in [7, 11) is 2.11. The zero-order chi connectivity index (χ0) is 21.0. The summed E-state index contributed by atoms with van der Waals surface area (Å²) in [6.45, 7) is 0.888. The Morgan fingerprint density at radius 1 is 1.10 bits per heavy atom. The molecular formula is C26H24N2O3. The van der Waals surface area contributed by atoms with Crippen LogP contribution in [-0.2, 0) is 18.3 Å². The summed E-state index contributed by atoms with van der Waals surface area (Å²) >= 11 is 0. The van der Waals surface area contributed by atoms with Crippen molar-refractivity contribution in [1.82, 2.24) is 9.88 Å². The number of likely N-dealkylation sites (tertiary alicyclic amines) is 1. The van der Waals surface area contributed by atoms with E-state index in [1.165, 1.54) is 5.56 Å². The second kappa shape index (κ2) is 5.67. The van der Waals surface area contributed by atoms with Gasteiger partial charge in [-0.3, -0.25) is 4.98 Å². The predicted molar refractivity (Wildman–Crippen MR) is 116 cm³/mol. The number of phenols is 1. The Kier molecular flexibility index (Phi) is 3.25. The summed E-state index contributed by atoms with van der Waals surface area (Å²) in [6.07, 6.45) is 3.61. The van der Waals surface area contributed by atoms with Gasteiger partial charge < -0.3 is 19.8 Å². The van der Waals surface area contributed by atoms with Crippen molar-refractivity contribution in [1.29, 1.82) is 0 Å². The summed E-state index contributed by atoms with van der Waals surface area (Å²) in [4.78, 5) is 7.20.